The predicted octanol–water partition coefficient (Wildman–Crippen LogP) is 3.58. The fourth-order valence-electron chi connectivity index (χ4n) is 3.73. The number of thioether (sulfide) groups is 1. The highest BCUT2D eigenvalue weighted by Crippen LogP contribution is 2.23. The smallest absolute Gasteiger partial charge is 0.267 e. The second-order valence-corrected chi connectivity index (χ2v) is 8.41. The topological polar surface area (TPSA) is 68.1 Å². The molecule has 3 heterocycles. The van der Waals surface area contributed by atoms with Gasteiger partial charge in [-0.05, 0) is 62.9 Å². The van der Waals surface area contributed by atoms with Gasteiger partial charge >= 0.3 is 0 Å². The van der Waals surface area contributed by atoms with Gasteiger partial charge in [0.05, 0.1) is 16.7 Å². The summed E-state index contributed by atoms with van der Waals surface area (Å²) in [6.45, 7) is 4.86. The van der Waals surface area contributed by atoms with Crippen LogP contribution in [0.1, 0.15) is 31.7 Å². The van der Waals surface area contributed by atoms with Gasteiger partial charge in [0, 0.05) is 18.8 Å². The number of pyridine rings is 1. The van der Waals surface area contributed by atoms with Crippen molar-refractivity contribution < 1.29 is 4.79 Å². The number of benzene rings is 1. The Morgan fingerprint density at radius 2 is 2.07 bits per heavy atom. The van der Waals surface area contributed by atoms with Gasteiger partial charge in [-0.15, -0.1) is 0 Å². The number of carbonyl (C=O) groups is 1. The number of nitrogens with zero attached hydrogens (tertiary/aromatic N) is 4. The number of carbonyl (C=O) groups excluding carboxylic acids is 1. The molecule has 0 radical (unpaired) electrons. The molecule has 0 saturated carbocycles. The monoisotopic (exact) mass is 408 g/mol. The van der Waals surface area contributed by atoms with Crippen LogP contribution in [0.15, 0.2) is 52.5 Å². The Hall–Kier alpha value is -2.67. The van der Waals surface area contributed by atoms with Gasteiger partial charge in [0.2, 0.25) is 5.91 Å². The second kappa shape index (κ2) is 8.37. The quantitative estimate of drug-likeness (QED) is 0.488. The van der Waals surface area contributed by atoms with Crippen molar-refractivity contribution in [2.24, 2.45) is 0 Å². The normalized spacial score (nSPS) is 16.9. The molecule has 1 amide bonds. The van der Waals surface area contributed by atoms with E-state index >= 15 is 0 Å². The first-order valence-electron chi connectivity index (χ1n) is 9.91. The van der Waals surface area contributed by atoms with E-state index in [0.29, 0.717) is 21.9 Å². The van der Waals surface area contributed by atoms with E-state index in [4.69, 9.17) is 4.98 Å². The number of piperidine rings is 1. The molecular formula is C22H24N4O2S. The van der Waals surface area contributed by atoms with Gasteiger partial charge in [-0.2, -0.15) is 0 Å². The van der Waals surface area contributed by atoms with Crippen LogP contribution in [0.2, 0.25) is 0 Å². The molecule has 3 aromatic rings. The number of hydrogen-bond donors (Lipinski definition) is 0. The Labute approximate surface area is 174 Å². The van der Waals surface area contributed by atoms with Gasteiger partial charge in [-0.3, -0.25) is 9.59 Å². The molecule has 1 aliphatic rings. The maximum Gasteiger partial charge on any atom is 0.267 e. The number of fused-ring (bicyclic) bond motifs is 1. The van der Waals surface area contributed by atoms with Gasteiger partial charge in [-0.25, -0.2) is 14.5 Å². The molecule has 1 saturated heterocycles. The van der Waals surface area contributed by atoms with Crippen LogP contribution in [0.25, 0.3) is 16.7 Å². The van der Waals surface area contributed by atoms with E-state index < -0.39 is 0 Å². The number of amides is 1. The van der Waals surface area contributed by atoms with Crippen molar-refractivity contribution in [2.75, 3.05) is 12.3 Å². The average molecular weight is 409 g/mol. The van der Waals surface area contributed by atoms with E-state index in [0.717, 1.165) is 24.9 Å². The molecule has 1 atom stereocenters. The van der Waals surface area contributed by atoms with Crippen LogP contribution in [0.5, 0.6) is 0 Å². The first-order valence-corrected chi connectivity index (χ1v) is 10.9. The molecule has 1 fully saturated rings. The summed E-state index contributed by atoms with van der Waals surface area (Å²) in [7, 11) is 0. The molecule has 0 aliphatic carbocycles. The SMILES string of the molecule is Cc1ccnc(-n2c(SCC(=O)N3CCCCC3C)nc3ccccc3c2=O)c1. The molecule has 29 heavy (non-hydrogen) atoms. The van der Waals surface area contributed by atoms with Crippen LogP contribution in [-0.4, -0.2) is 43.7 Å². The minimum atomic E-state index is -0.171. The zero-order valence-corrected chi connectivity index (χ0v) is 17.5. The Morgan fingerprint density at radius 1 is 1.24 bits per heavy atom. The summed E-state index contributed by atoms with van der Waals surface area (Å²) in [6.07, 6.45) is 4.94. The third kappa shape index (κ3) is 4.05. The maximum atomic E-state index is 13.2. The van der Waals surface area contributed by atoms with E-state index in [1.807, 2.05) is 42.2 Å². The molecule has 1 unspecified atom stereocenters. The Balaban J connectivity index is 1.72. The van der Waals surface area contributed by atoms with Crippen molar-refractivity contribution in [1.82, 2.24) is 19.4 Å². The molecule has 150 valence electrons. The molecule has 0 N–H and O–H groups in total. The van der Waals surface area contributed by atoms with Crippen LogP contribution in [0, 0.1) is 6.92 Å². The molecule has 0 spiro atoms. The molecule has 6 nitrogen and oxygen atoms in total. The molecule has 0 bridgehead atoms. The number of rotatable bonds is 4. The zero-order valence-electron chi connectivity index (χ0n) is 16.7. The van der Waals surface area contributed by atoms with Gasteiger partial charge in [-0.1, -0.05) is 23.9 Å². The highest BCUT2D eigenvalue weighted by atomic mass is 32.2. The summed E-state index contributed by atoms with van der Waals surface area (Å²) in [6, 6.07) is 11.3. The van der Waals surface area contributed by atoms with Gasteiger partial charge in [0.15, 0.2) is 5.16 Å². The van der Waals surface area contributed by atoms with Gasteiger partial charge < -0.3 is 4.90 Å². The zero-order chi connectivity index (χ0) is 20.4. The van der Waals surface area contributed by atoms with Gasteiger partial charge in [0.1, 0.15) is 5.82 Å². The third-order valence-electron chi connectivity index (χ3n) is 5.32. The molecule has 2 aromatic heterocycles. The van der Waals surface area contributed by atoms with E-state index in [1.165, 1.54) is 22.7 Å². The lowest BCUT2D eigenvalue weighted by molar-refractivity contribution is -0.131. The summed E-state index contributed by atoms with van der Waals surface area (Å²) >= 11 is 1.30. The summed E-state index contributed by atoms with van der Waals surface area (Å²) in [5.74, 6) is 0.865. The maximum absolute atomic E-state index is 13.2. The van der Waals surface area contributed by atoms with E-state index in [2.05, 4.69) is 11.9 Å². The van der Waals surface area contributed by atoms with Crippen molar-refractivity contribution in [3.05, 3.63) is 58.5 Å². The van der Waals surface area contributed by atoms with Crippen molar-refractivity contribution >= 4 is 28.6 Å². The van der Waals surface area contributed by atoms with Crippen LogP contribution in [0.4, 0.5) is 0 Å². The lowest BCUT2D eigenvalue weighted by atomic mass is 10.0. The van der Waals surface area contributed by atoms with Crippen LogP contribution < -0.4 is 5.56 Å². The van der Waals surface area contributed by atoms with Crippen LogP contribution >= 0.6 is 11.8 Å². The minimum absolute atomic E-state index is 0.0911. The predicted molar refractivity (Wildman–Crippen MR) is 116 cm³/mol. The summed E-state index contributed by atoms with van der Waals surface area (Å²) in [4.78, 5) is 37.1. The Kier molecular flexibility index (Phi) is 5.67. The van der Waals surface area contributed by atoms with E-state index in [1.54, 1.807) is 12.3 Å². The fraction of sp³-hybridized carbons (Fsp3) is 0.364. The first-order chi connectivity index (χ1) is 14.0. The molecular weight excluding hydrogens is 384 g/mol. The van der Waals surface area contributed by atoms with Gasteiger partial charge in [0.25, 0.3) is 5.56 Å². The molecule has 4 rings (SSSR count). The summed E-state index contributed by atoms with van der Waals surface area (Å²) in [5.41, 5.74) is 1.46. The minimum Gasteiger partial charge on any atom is -0.339 e. The van der Waals surface area contributed by atoms with E-state index in [-0.39, 0.29) is 23.3 Å². The average Bonchev–Trinajstić information content (AvgIpc) is 2.72. The lowest BCUT2D eigenvalue weighted by Gasteiger charge is -2.33. The highest BCUT2D eigenvalue weighted by molar-refractivity contribution is 7.99. The van der Waals surface area contributed by atoms with Crippen molar-refractivity contribution in [2.45, 2.75) is 44.3 Å². The Morgan fingerprint density at radius 3 is 2.86 bits per heavy atom. The number of para-hydroxylation sites is 1. The molecule has 1 aromatic carbocycles. The van der Waals surface area contributed by atoms with Crippen molar-refractivity contribution in [1.29, 1.82) is 0 Å². The summed E-state index contributed by atoms with van der Waals surface area (Å²) in [5, 5.41) is 1.03. The van der Waals surface area contributed by atoms with Crippen LogP contribution in [-0.2, 0) is 4.79 Å². The van der Waals surface area contributed by atoms with Crippen molar-refractivity contribution in [3.8, 4) is 5.82 Å². The molecule has 1 aliphatic heterocycles. The molecule has 7 heteroatoms. The third-order valence-corrected chi connectivity index (χ3v) is 6.25. The summed E-state index contributed by atoms with van der Waals surface area (Å²) < 4.78 is 1.52. The van der Waals surface area contributed by atoms with Crippen molar-refractivity contribution in [3.63, 3.8) is 0 Å². The largest absolute Gasteiger partial charge is 0.339 e. The number of aryl methyl sites for hydroxylation is 1. The van der Waals surface area contributed by atoms with E-state index in [9.17, 15) is 9.59 Å². The number of aromatic nitrogens is 3. The number of hydrogen-bond acceptors (Lipinski definition) is 5. The van der Waals surface area contributed by atoms with Crippen LogP contribution in [0.3, 0.4) is 0 Å². The highest BCUT2D eigenvalue weighted by Gasteiger charge is 2.24. The second-order valence-electron chi connectivity index (χ2n) is 7.46. The standard InChI is InChI=1S/C22H24N4O2S/c1-15-10-11-23-19(13-15)26-21(28)17-8-3-4-9-18(17)24-22(26)29-14-20(27)25-12-6-5-7-16(25)2/h3-4,8-11,13,16H,5-7,12,14H2,1-2H3. The fourth-order valence-corrected chi connectivity index (χ4v) is 4.62. The lowest BCUT2D eigenvalue weighted by Crippen LogP contribution is -2.43. The Bertz CT molecular complexity index is 1110. The number of likely N-dealkylation sites (tertiary alicyclic amines) is 1. The first kappa shape index (κ1) is 19.6.